The molecule has 13 nitrogen and oxygen atoms in total. The highest BCUT2D eigenvalue weighted by Crippen LogP contribution is 2.37. The molecule has 1 aliphatic rings. The summed E-state index contributed by atoms with van der Waals surface area (Å²) < 4.78 is 28.8. The molecular weight excluding hydrogens is 692 g/mol. The first-order chi connectivity index (χ1) is 24.5. The third kappa shape index (κ3) is 11.3. The molecule has 3 unspecified atom stereocenters. The average Bonchev–Trinajstić information content (AvgIpc) is 3.10. The lowest BCUT2D eigenvalue weighted by Gasteiger charge is -2.43. The van der Waals surface area contributed by atoms with Gasteiger partial charge in [0.15, 0.2) is 12.2 Å². The highest BCUT2D eigenvalue weighted by Gasteiger charge is 2.51. The molecule has 1 saturated heterocycles. The molecule has 0 aliphatic carbocycles. The maximum absolute atomic E-state index is 13.3. The SMILES string of the molecule is CN(CC(=O)NC(C)(C)C(=O)OCC1O[C@@H](Sc2ccccc2)C(OC(=O)c2ccccc2)C(OC(=O)c2ccccc2)[C@H]1O)C(=O)OC(C)(C)C. The first-order valence-electron chi connectivity index (χ1n) is 16.5. The molecule has 2 amide bonds. The number of hydrogen-bond acceptors (Lipinski definition) is 12. The van der Waals surface area contributed by atoms with Gasteiger partial charge in [0.25, 0.3) is 0 Å². The third-order valence-corrected chi connectivity index (χ3v) is 8.70. The Morgan fingerprint density at radius 3 is 1.81 bits per heavy atom. The van der Waals surface area contributed by atoms with Crippen LogP contribution in [0.1, 0.15) is 55.3 Å². The average molecular weight is 737 g/mol. The molecule has 3 aromatic rings. The van der Waals surface area contributed by atoms with Crippen LogP contribution in [0.15, 0.2) is 95.9 Å². The maximum atomic E-state index is 13.3. The number of ether oxygens (including phenoxy) is 5. The number of benzene rings is 3. The van der Waals surface area contributed by atoms with Gasteiger partial charge in [0.1, 0.15) is 41.9 Å². The summed E-state index contributed by atoms with van der Waals surface area (Å²) in [6.07, 6.45) is -6.40. The predicted molar refractivity (Wildman–Crippen MR) is 190 cm³/mol. The number of carbonyl (C=O) groups is 5. The van der Waals surface area contributed by atoms with Crippen LogP contribution in [-0.4, -0.2) is 101 Å². The fourth-order valence-corrected chi connectivity index (χ4v) is 6.07. The van der Waals surface area contributed by atoms with E-state index in [1.807, 2.05) is 6.07 Å². The number of amides is 2. The predicted octanol–water partition coefficient (Wildman–Crippen LogP) is 4.62. The van der Waals surface area contributed by atoms with E-state index in [2.05, 4.69) is 5.32 Å². The van der Waals surface area contributed by atoms with Crippen molar-refractivity contribution in [2.45, 2.75) is 80.5 Å². The molecule has 1 heterocycles. The molecule has 278 valence electrons. The molecule has 52 heavy (non-hydrogen) atoms. The molecule has 4 rings (SSSR count). The quantitative estimate of drug-likeness (QED) is 0.196. The van der Waals surface area contributed by atoms with Crippen LogP contribution in [0.25, 0.3) is 0 Å². The number of aliphatic hydroxyl groups is 1. The molecule has 2 N–H and O–H groups in total. The second-order valence-electron chi connectivity index (χ2n) is 13.5. The van der Waals surface area contributed by atoms with Crippen molar-refractivity contribution in [1.82, 2.24) is 10.2 Å². The van der Waals surface area contributed by atoms with Crippen LogP contribution in [0.3, 0.4) is 0 Å². The summed E-state index contributed by atoms with van der Waals surface area (Å²) in [5, 5.41) is 14.2. The van der Waals surface area contributed by atoms with Gasteiger partial charge in [-0.3, -0.25) is 4.79 Å². The smallest absolute Gasteiger partial charge is 0.410 e. The van der Waals surface area contributed by atoms with Gasteiger partial charge in [-0.25, -0.2) is 19.2 Å². The van der Waals surface area contributed by atoms with Crippen molar-refractivity contribution >= 4 is 41.7 Å². The van der Waals surface area contributed by atoms with Crippen LogP contribution >= 0.6 is 11.8 Å². The number of aliphatic hydroxyl groups excluding tert-OH is 1. The van der Waals surface area contributed by atoms with Gasteiger partial charge >= 0.3 is 24.0 Å². The molecule has 5 atom stereocenters. The molecular formula is C38H44N2O11S. The van der Waals surface area contributed by atoms with Crippen LogP contribution in [0.4, 0.5) is 4.79 Å². The van der Waals surface area contributed by atoms with E-state index in [0.717, 1.165) is 16.7 Å². The second kappa shape index (κ2) is 17.5. The largest absolute Gasteiger partial charge is 0.461 e. The Kier molecular flexibility index (Phi) is 13.4. The zero-order valence-corrected chi connectivity index (χ0v) is 30.7. The molecule has 1 fully saturated rings. The lowest BCUT2D eigenvalue weighted by molar-refractivity contribution is -0.212. The second-order valence-corrected chi connectivity index (χ2v) is 14.7. The molecule has 1 aliphatic heterocycles. The first kappa shape index (κ1) is 39.9. The Labute approximate surface area is 306 Å². The van der Waals surface area contributed by atoms with E-state index in [-0.39, 0.29) is 11.1 Å². The molecule has 3 aromatic carbocycles. The normalized spacial score (nSPS) is 20.2. The van der Waals surface area contributed by atoms with Gasteiger partial charge in [-0.2, -0.15) is 0 Å². The summed E-state index contributed by atoms with van der Waals surface area (Å²) in [6, 6.07) is 25.3. The summed E-state index contributed by atoms with van der Waals surface area (Å²) in [7, 11) is 1.38. The summed E-state index contributed by atoms with van der Waals surface area (Å²) >= 11 is 1.16. The van der Waals surface area contributed by atoms with Gasteiger partial charge < -0.3 is 39.0 Å². The van der Waals surface area contributed by atoms with E-state index in [1.165, 1.54) is 33.0 Å². The maximum Gasteiger partial charge on any atom is 0.410 e. The third-order valence-electron chi connectivity index (χ3n) is 7.55. The number of nitrogens with one attached hydrogen (secondary N) is 1. The molecule has 0 radical (unpaired) electrons. The van der Waals surface area contributed by atoms with Crippen molar-refractivity contribution in [3.8, 4) is 0 Å². The van der Waals surface area contributed by atoms with Gasteiger partial charge in [-0.05, 0) is 71.0 Å². The topological polar surface area (TPSA) is 167 Å². The summed E-state index contributed by atoms with van der Waals surface area (Å²) in [5.74, 6) is -3.05. The summed E-state index contributed by atoms with van der Waals surface area (Å²) in [4.78, 5) is 66.8. The first-order valence-corrected chi connectivity index (χ1v) is 17.4. The van der Waals surface area contributed by atoms with Crippen LogP contribution in [0.5, 0.6) is 0 Å². The molecule has 0 aromatic heterocycles. The molecule has 0 saturated carbocycles. The fourth-order valence-electron chi connectivity index (χ4n) is 4.95. The Morgan fingerprint density at radius 1 is 0.788 bits per heavy atom. The van der Waals surface area contributed by atoms with Crippen molar-refractivity contribution in [2.24, 2.45) is 0 Å². The fraction of sp³-hybridized carbons (Fsp3) is 0.395. The Bertz CT molecular complexity index is 1680. The molecule has 14 heteroatoms. The number of rotatable bonds is 12. The number of carbonyl (C=O) groups excluding carboxylic acids is 5. The summed E-state index contributed by atoms with van der Waals surface area (Å²) in [6.45, 7) is 6.99. The van der Waals surface area contributed by atoms with E-state index in [1.54, 1.807) is 93.6 Å². The van der Waals surface area contributed by atoms with Crippen LogP contribution < -0.4 is 5.32 Å². The monoisotopic (exact) mass is 736 g/mol. The minimum Gasteiger partial charge on any atom is -0.461 e. The summed E-state index contributed by atoms with van der Waals surface area (Å²) in [5.41, 5.74) is -2.97. The van der Waals surface area contributed by atoms with Crippen molar-refractivity contribution in [1.29, 1.82) is 0 Å². The van der Waals surface area contributed by atoms with Gasteiger partial charge in [-0.15, -0.1) is 0 Å². The number of nitrogens with zero attached hydrogens (tertiary/aromatic N) is 1. The van der Waals surface area contributed by atoms with E-state index in [4.69, 9.17) is 23.7 Å². The number of likely N-dealkylation sites (N-methyl/N-ethyl adjacent to an activating group) is 1. The van der Waals surface area contributed by atoms with E-state index < -0.39 is 84.1 Å². The van der Waals surface area contributed by atoms with Crippen LogP contribution in [0.2, 0.25) is 0 Å². The van der Waals surface area contributed by atoms with E-state index in [9.17, 15) is 29.1 Å². The highest BCUT2D eigenvalue weighted by atomic mass is 32.2. The van der Waals surface area contributed by atoms with E-state index >= 15 is 0 Å². The number of hydrogen-bond donors (Lipinski definition) is 2. The molecule has 0 bridgehead atoms. The minimum absolute atomic E-state index is 0.194. The number of esters is 3. The van der Waals surface area contributed by atoms with Gasteiger partial charge in [0, 0.05) is 11.9 Å². The zero-order valence-electron chi connectivity index (χ0n) is 29.8. The molecule has 0 spiro atoms. The van der Waals surface area contributed by atoms with Crippen molar-refractivity contribution in [3.05, 3.63) is 102 Å². The van der Waals surface area contributed by atoms with Gasteiger partial charge in [0.2, 0.25) is 5.91 Å². The Hall–Kier alpha value is -4.92. The highest BCUT2D eigenvalue weighted by molar-refractivity contribution is 7.99. The van der Waals surface area contributed by atoms with Crippen LogP contribution in [-0.2, 0) is 33.3 Å². The lowest BCUT2D eigenvalue weighted by Crippen LogP contribution is -2.61. The zero-order chi connectivity index (χ0) is 38.1. The standard InChI is InChI=1S/C38H44N2O11S/c1-37(2,3)51-36(46)40(6)22-28(41)39-38(4,5)35(45)47-23-27-29(42)30(49-32(43)24-16-10-7-11-17-24)31(50-33(44)25-18-12-8-13-19-25)34(48-27)52-26-20-14-9-15-21-26/h7-21,27,29-31,34,42H,22-23H2,1-6H3,(H,39,41)/t27?,29-,30?,31?,34-/m0/s1. The van der Waals surface area contributed by atoms with Gasteiger partial charge in [-0.1, -0.05) is 66.4 Å². The van der Waals surface area contributed by atoms with E-state index in [0.29, 0.717) is 4.90 Å². The van der Waals surface area contributed by atoms with Crippen molar-refractivity contribution in [2.75, 3.05) is 20.2 Å². The minimum atomic E-state index is -1.64. The van der Waals surface area contributed by atoms with Gasteiger partial charge in [0.05, 0.1) is 11.1 Å². The lowest BCUT2D eigenvalue weighted by atomic mass is 9.99. The Morgan fingerprint density at radius 2 is 1.29 bits per heavy atom. The van der Waals surface area contributed by atoms with Crippen molar-refractivity contribution in [3.63, 3.8) is 0 Å². The number of thioether (sulfide) groups is 1. The Balaban J connectivity index is 1.54. The van der Waals surface area contributed by atoms with Crippen LogP contribution in [0, 0.1) is 0 Å². The van der Waals surface area contributed by atoms with Crippen molar-refractivity contribution < 1.29 is 52.8 Å².